The van der Waals surface area contributed by atoms with Crippen molar-refractivity contribution in [1.29, 1.82) is 0 Å². The summed E-state index contributed by atoms with van der Waals surface area (Å²) < 4.78 is 5.34. The van der Waals surface area contributed by atoms with Gasteiger partial charge in [-0.3, -0.25) is 4.99 Å². The summed E-state index contributed by atoms with van der Waals surface area (Å²) >= 11 is 0. The molecule has 0 aliphatic rings. The number of ether oxygens (including phenoxy) is 1. The summed E-state index contributed by atoms with van der Waals surface area (Å²) in [6.45, 7) is 2.07. The van der Waals surface area contributed by atoms with Gasteiger partial charge in [-0.2, -0.15) is 0 Å². The molecule has 0 spiro atoms. The number of nitrogens with zero attached hydrogens (tertiary/aromatic N) is 1. The third-order valence-corrected chi connectivity index (χ3v) is 2.84. The smallest absolute Gasteiger partial charge is 0.124 e. The van der Waals surface area contributed by atoms with Gasteiger partial charge in [-0.25, -0.2) is 0 Å². The molecule has 2 nitrogen and oxygen atoms in total. The Morgan fingerprint density at radius 3 is 2.39 bits per heavy atom. The first-order valence-corrected chi connectivity index (χ1v) is 6.02. The van der Waals surface area contributed by atoms with Crippen molar-refractivity contribution in [3.8, 4) is 5.75 Å². The van der Waals surface area contributed by atoms with Gasteiger partial charge in [-0.05, 0) is 18.6 Å². The first-order chi connectivity index (χ1) is 8.81. The van der Waals surface area contributed by atoms with Crippen LogP contribution in [0.3, 0.4) is 0 Å². The van der Waals surface area contributed by atoms with Gasteiger partial charge in [0.1, 0.15) is 5.75 Å². The molecule has 0 aliphatic heterocycles. The Hall–Kier alpha value is -2.09. The molecule has 0 amide bonds. The average molecular weight is 239 g/mol. The molecule has 0 radical (unpaired) electrons. The molecule has 18 heavy (non-hydrogen) atoms. The molecule has 0 N–H and O–H groups in total. The monoisotopic (exact) mass is 239 g/mol. The van der Waals surface area contributed by atoms with E-state index >= 15 is 0 Å². The maximum absolute atomic E-state index is 5.34. The Kier molecular flexibility index (Phi) is 4.13. The van der Waals surface area contributed by atoms with E-state index in [0.717, 1.165) is 16.9 Å². The van der Waals surface area contributed by atoms with Crippen LogP contribution in [0.5, 0.6) is 5.75 Å². The van der Waals surface area contributed by atoms with E-state index in [9.17, 15) is 0 Å². The van der Waals surface area contributed by atoms with Crippen LogP contribution < -0.4 is 4.74 Å². The Labute approximate surface area is 108 Å². The topological polar surface area (TPSA) is 21.6 Å². The fourth-order valence-corrected chi connectivity index (χ4v) is 1.83. The molecule has 0 heterocycles. The van der Waals surface area contributed by atoms with Gasteiger partial charge in [0.25, 0.3) is 0 Å². The van der Waals surface area contributed by atoms with Gasteiger partial charge in [0, 0.05) is 11.8 Å². The Bertz CT molecular complexity index is 520. The van der Waals surface area contributed by atoms with Crippen LogP contribution in [0.15, 0.2) is 59.6 Å². The van der Waals surface area contributed by atoms with Gasteiger partial charge in [-0.1, -0.05) is 48.5 Å². The third-order valence-electron chi connectivity index (χ3n) is 2.84. The summed E-state index contributed by atoms with van der Waals surface area (Å²) in [4.78, 5) is 4.57. The lowest BCUT2D eigenvalue weighted by atomic mass is 10.1. The average Bonchev–Trinajstić information content (AvgIpc) is 2.45. The van der Waals surface area contributed by atoms with E-state index in [4.69, 9.17) is 4.74 Å². The van der Waals surface area contributed by atoms with E-state index in [-0.39, 0.29) is 6.04 Å². The molecule has 1 atom stereocenters. The van der Waals surface area contributed by atoms with Crippen LogP contribution in [-0.2, 0) is 0 Å². The zero-order chi connectivity index (χ0) is 12.8. The number of methoxy groups -OCH3 is 1. The highest BCUT2D eigenvalue weighted by Gasteiger charge is 2.08. The quantitative estimate of drug-likeness (QED) is 0.742. The van der Waals surface area contributed by atoms with Crippen LogP contribution in [0.4, 0.5) is 0 Å². The zero-order valence-electron chi connectivity index (χ0n) is 10.7. The van der Waals surface area contributed by atoms with Crippen molar-refractivity contribution < 1.29 is 4.74 Å². The van der Waals surface area contributed by atoms with Crippen LogP contribution in [0.25, 0.3) is 0 Å². The summed E-state index contributed by atoms with van der Waals surface area (Å²) in [5, 5.41) is 0. The van der Waals surface area contributed by atoms with Gasteiger partial charge >= 0.3 is 0 Å². The predicted octanol–water partition coefficient (Wildman–Crippen LogP) is 3.88. The molecule has 0 saturated carbocycles. The number of rotatable bonds is 4. The van der Waals surface area contributed by atoms with Crippen molar-refractivity contribution >= 4 is 6.21 Å². The summed E-state index contributed by atoms with van der Waals surface area (Å²) in [5.74, 6) is 0.884. The van der Waals surface area contributed by atoms with Crippen molar-refractivity contribution in [3.05, 3.63) is 65.7 Å². The van der Waals surface area contributed by atoms with E-state index < -0.39 is 0 Å². The molecule has 0 aliphatic carbocycles. The highest BCUT2D eigenvalue weighted by molar-refractivity contribution is 5.79. The number of hydrogen-bond acceptors (Lipinski definition) is 2. The minimum atomic E-state index is 0.0846. The van der Waals surface area contributed by atoms with E-state index in [1.165, 1.54) is 0 Å². The maximum atomic E-state index is 5.34. The zero-order valence-corrected chi connectivity index (χ0v) is 10.7. The first kappa shape index (κ1) is 12.4. The van der Waals surface area contributed by atoms with Crippen LogP contribution >= 0.6 is 0 Å². The lowest BCUT2D eigenvalue weighted by Crippen LogP contribution is -1.95. The predicted molar refractivity (Wildman–Crippen MR) is 75.4 cm³/mol. The second-order valence-corrected chi connectivity index (χ2v) is 4.11. The fraction of sp³-hybridized carbons (Fsp3) is 0.188. The second-order valence-electron chi connectivity index (χ2n) is 4.11. The van der Waals surface area contributed by atoms with Crippen molar-refractivity contribution in [2.45, 2.75) is 13.0 Å². The normalized spacial score (nSPS) is 12.6. The van der Waals surface area contributed by atoms with Gasteiger partial charge in [0.05, 0.1) is 13.2 Å². The summed E-state index contributed by atoms with van der Waals surface area (Å²) in [5.41, 5.74) is 2.21. The molecule has 0 bridgehead atoms. The molecule has 92 valence electrons. The molecule has 0 fully saturated rings. The molecule has 0 unspecified atom stereocenters. The number of benzene rings is 2. The molecule has 2 heteroatoms. The van der Waals surface area contributed by atoms with E-state index in [2.05, 4.69) is 11.9 Å². The Morgan fingerprint density at radius 2 is 1.67 bits per heavy atom. The van der Waals surface area contributed by atoms with Gasteiger partial charge < -0.3 is 4.74 Å². The van der Waals surface area contributed by atoms with Crippen molar-refractivity contribution in [3.63, 3.8) is 0 Å². The number of para-hydroxylation sites is 1. The minimum absolute atomic E-state index is 0.0846. The lowest BCUT2D eigenvalue weighted by molar-refractivity contribution is 0.407. The summed E-state index contributed by atoms with van der Waals surface area (Å²) in [6.07, 6.45) is 1.90. The van der Waals surface area contributed by atoms with Crippen LogP contribution in [0, 0.1) is 0 Å². The molecule has 0 aromatic heterocycles. The van der Waals surface area contributed by atoms with Gasteiger partial charge in [0.2, 0.25) is 0 Å². The molecular formula is C16H17NO. The summed E-state index contributed by atoms with van der Waals surface area (Å²) in [7, 11) is 1.69. The van der Waals surface area contributed by atoms with Crippen molar-refractivity contribution in [2.24, 2.45) is 4.99 Å². The van der Waals surface area contributed by atoms with Gasteiger partial charge in [-0.15, -0.1) is 0 Å². The van der Waals surface area contributed by atoms with Crippen molar-refractivity contribution in [1.82, 2.24) is 0 Å². The standard InChI is InChI=1S/C16H17NO/c1-13(15-10-6-7-11-16(15)18-2)17-12-14-8-4-3-5-9-14/h3-13H,1-2H3/t13-/m0/s1. The highest BCUT2D eigenvalue weighted by atomic mass is 16.5. The number of aliphatic imine (C=N–C) groups is 1. The second kappa shape index (κ2) is 6.01. The van der Waals surface area contributed by atoms with E-state index in [0.29, 0.717) is 0 Å². The summed E-state index contributed by atoms with van der Waals surface area (Å²) in [6, 6.07) is 18.2. The third kappa shape index (κ3) is 2.98. The molecule has 0 saturated heterocycles. The number of hydrogen-bond donors (Lipinski definition) is 0. The first-order valence-electron chi connectivity index (χ1n) is 6.02. The highest BCUT2D eigenvalue weighted by Crippen LogP contribution is 2.26. The lowest BCUT2D eigenvalue weighted by Gasteiger charge is -2.11. The SMILES string of the molecule is COc1ccccc1[C@H](C)N=Cc1ccccc1. The molecular weight excluding hydrogens is 222 g/mol. The Morgan fingerprint density at radius 1 is 1.00 bits per heavy atom. The minimum Gasteiger partial charge on any atom is -0.496 e. The van der Waals surface area contributed by atoms with Crippen LogP contribution in [0.2, 0.25) is 0 Å². The van der Waals surface area contributed by atoms with Gasteiger partial charge in [0.15, 0.2) is 0 Å². The Balaban J connectivity index is 2.17. The molecule has 2 aromatic carbocycles. The van der Waals surface area contributed by atoms with Crippen LogP contribution in [-0.4, -0.2) is 13.3 Å². The molecule has 2 rings (SSSR count). The molecule has 2 aromatic rings. The van der Waals surface area contributed by atoms with E-state index in [1.807, 2.05) is 60.8 Å². The van der Waals surface area contributed by atoms with E-state index in [1.54, 1.807) is 7.11 Å². The largest absolute Gasteiger partial charge is 0.496 e. The van der Waals surface area contributed by atoms with Crippen molar-refractivity contribution in [2.75, 3.05) is 7.11 Å². The van der Waals surface area contributed by atoms with Crippen LogP contribution in [0.1, 0.15) is 24.1 Å². The fourth-order valence-electron chi connectivity index (χ4n) is 1.83. The maximum Gasteiger partial charge on any atom is 0.124 e.